The molecule has 1 aromatic heterocycles. The highest BCUT2D eigenvalue weighted by atomic mass is 32.1. The molecule has 138 valence electrons. The van der Waals surface area contributed by atoms with Crippen LogP contribution in [0.4, 0.5) is 5.69 Å². The van der Waals surface area contributed by atoms with Gasteiger partial charge in [-0.15, -0.1) is 11.3 Å². The lowest BCUT2D eigenvalue weighted by Crippen LogP contribution is -2.43. The first-order chi connectivity index (χ1) is 12.3. The largest absolute Gasteiger partial charge is 0.338 e. The van der Waals surface area contributed by atoms with Crippen LogP contribution in [-0.4, -0.2) is 29.8 Å². The molecule has 2 aromatic rings. The Hall–Kier alpha value is -2.14. The molecule has 1 aromatic carbocycles. The van der Waals surface area contributed by atoms with Crippen molar-refractivity contribution < 1.29 is 9.59 Å². The maximum atomic E-state index is 13.0. The van der Waals surface area contributed by atoms with Gasteiger partial charge in [0, 0.05) is 24.3 Å². The van der Waals surface area contributed by atoms with Crippen LogP contribution >= 0.6 is 11.3 Å². The Labute approximate surface area is 159 Å². The number of anilines is 1. The molecule has 1 saturated heterocycles. The van der Waals surface area contributed by atoms with Gasteiger partial charge < -0.3 is 10.2 Å². The summed E-state index contributed by atoms with van der Waals surface area (Å²) in [5, 5.41) is 4.75. The van der Waals surface area contributed by atoms with Crippen molar-refractivity contribution in [2.75, 3.05) is 18.4 Å². The number of benzene rings is 1. The summed E-state index contributed by atoms with van der Waals surface area (Å²) in [6.45, 7) is 8.33. The highest BCUT2D eigenvalue weighted by Crippen LogP contribution is 2.33. The van der Waals surface area contributed by atoms with Crippen LogP contribution in [-0.2, 0) is 0 Å². The van der Waals surface area contributed by atoms with Gasteiger partial charge in [-0.25, -0.2) is 0 Å². The zero-order valence-corrected chi connectivity index (χ0v) is 16.4. The Morgan fingerprint density at radius 2 is 2.00 bits per heavy atom. The number of hydrogen-bond donors (Lipinski definition) is 1. The van der Waals surface area contributed by atoms with Gasteiger partial charge in [0.25, 0.3) is 11.8 Å². The molecule has 0 aliphatic carbocycles. The fraction of sp³-hybridized carbons (Fsp3) is 0.429. The Bertz CT molecular complexity index is 778. The molecule has 1 unspecified atom stereocenters. The van der Waals surface area contributed by atoms with Gasteiger partial charge in [0.15, 0.2) is 0 Å². The van der Waals surface area contributed by atoms with Crippen LogP contribution in [0.5, 0.6) is 0 Å². The third kappa shape index (κ3) is 4.33. The third-order valence-electron chi connectivity index (χ3n) is 5.05. The van der Waals surface area contributed by atoms with E-state index < -0.39 is 0 Å². The number of nitrogens with one attached hydrogen (secondary N) is 1. The van der Waals surface area contributed by atoms with Gasteiger partial charge >= 0.3 is 0 Å². The minimum absolute atomic E-state index is 0.0474. The highest BCUT2D eigenvalue weighted by molar-refractivity contribution is 7.12. The predicted molar refractivity (Wildman–Crippen MR) is 107 cm³/mol. The van der Waals surface area contributed by atoms with Gasteiger partial charge in [0.2, 0.25) is 0 Å². The molecule has 1 atom stereocenters. The summed E-state index contributed by atoms with van der Waals surface area (Å²) in [6.07, 6.45) is 2.21. The molecule has 5 heteroatoms. The Morgan fingerprint density at radius 3 is 2.69 bits per heavy atom. The fourth-order valence-corrected chi connectivity index (χ4v) is 4.00. The van der Waals surface area contributed by atoms with Gasteiger partial charge in [-0.2, -0.15) is 0 Å². The van der Waals surface area contributed by atoms with E-state index in [1.54, 1.807) is 12.1 Å². The summed E-state index contributed by atoms with van der Waals surface area (Å²) in [5.74, 6) is 0.420. The van der Waals surface area contributed by atoms with E-state index in [9.17, 15) is 9.59 Å². The smallest absolute Gasteiger partial charge is 0.265 e. The molecule has 0 bridgehead atoms. The average molecular weight is 371 g/mol. The average Bonchev–Trinajstić information content (AvgIpc) is 3.15. The number of rotatable bonds is 3. The summed E-state index contributed by atoms with van der Waals surface area (Å²) >= 11 is 1.40. The molecule has 0 spiro atoms. The second kappa shape index (κ2) is 7.62. The van der Waals surface area contributed by atoms with Crippen LogP contribution < -0.4 is 5.32 Å². The Morgan fingerprint density at radius 1 is 1.19 bits per heavy atom. The van der Waals surface area contributed by atoms with Crippen LogP contribution in [0.15, 0.2) is 41.8 Å². The van der Waals surface area contributed by atoms with Crippen LogP contribution in [0.1, 0.15) is 53.6 Å². The summed E-state index contributed by atoms with van der Waals surface area (Å²) < 4.78 is 0. The molecule has 1 fully saturated rings. The first-order valence-corrected chi connectivity index (χ1v) is 9.97. The number of amides is 2. The minimum atomic E-state index is -0.143. The van der Waals surface area contributed by atoms with E-state index in [1.165, 1.54) is 17.8 Å². The summed E-state index contributed by atoms with van der Waals surface area (Å²) in [4.78, 5) is 27.8. The van der Waals surface area contributed by atoms with Crippen molar-refractivity contribution in [1.29, 1.82) is 0 Å². The van der Waals surface area contributed by atoms with Gasteiger partial charge in [-0.3, -0.25) is 9.59 Å². The predicted octanol–water partition coefficient (Wildman–Crippen LogP) is 4.90. The van der Waals surface area contributed by atoms with Crippen LogP contribution in [0, 0.1) is 11.3 Å². The van der Waals surface area contributed by atoms with E-state index in [-0.39, 0.29) is 17.2 Å². The van der Waals surface area contributed by atoms with E-state index in [1.807, 2.05) is 34.5 Å². The van der Waals surface area contributed by atoms with E-state index in [4.69, 9.17) is 0 Å². The zero-order valence-electron chi connectivity index (χ0n) is 15.6. The van der Waals surface area contributed by atoms with E-state index >= 15 is 0 Å². The summed E-state index contributed by atoms with van der Waals surface area (Å²) in [6, 6.07) is 10.9. The lowest BCUT2D eigenvalue weighted by molar-refractivity contribution is 0.0563. The lowest BCUT2D eigenvalue weighted by atomic mass is 9.76. The van der Waals surface area contributed by atoms with Crippen molar-refractivity contribution in [3.8, 4) is 0 Å². The molecule has 1 aliphatic heterocycles. The number of hydrogen-bond acceptors (Lipinski definition) is 3. The molecule has 2 amide bonds. The third-order valence-corrected chi connectivity index (χ3v) is 5.91. The molecule has 4 nitrogen and oxygen atoms in total. The van der Waals surface area contributed by atoms with Crippen molar-refractivity contribution in [3.05, 3.63) is 52.2 Å². The molecule has 1 aliphatic rings. The van der Waals surface area contributed by atoms with Gasteiger partial charge in [0.1, 0.15) is 0 Å². The maximum absolute atomic E-state index is 13.0. The lowest BCUT2D eigenvalue weighted by Gasteiger charge is -2.39. The Kier molecular flexibility index (Phi) is 5.47. The first-order valence-electron chi connectivity index (χ1n) is 9.09. The van der Waals surface area contributed by atoms with Crippen molar-refractivity contribution in [3.63, 3.8) is 0 Å². The molecule has 3 rings (SSSR count). The molecule has 0 saturated carbocycles. The maximum Gasteiger partial charge on any atom is 0.265 e. The number of nitrogens with zero attached hydrogens (tertiary/aromatic N) is 1. The monoisotopic (exact) mass is 370 g/mol. The van der Waals surface area contributed by atoms with Gasteiger partial charge in [0.05, 0.1) is 4.88 Å². The zero-order chi connectivity index (χ0) is 18.7. The normalized spacial score (nSPS) is 17.8. The first kappa shape index (κ1) is 18.6. The fourth-order valence-electron chi connectivity index (χ4n) is 3.38. The quantitative estimate of drug-likeness (QED) is 0.835. The van der Waals surface area contributed by atoms with Crippen molar-refractivity contribution >= 4 is 28.8 Å². The van der Waals surface area contributed by atoms with E-state index in [0.29, 0.717) is 22.0 Å². The Balaban J connectivity index is 1.71. The summed E-state index contributed by atoms with van der Waals surface area (Å²) in [5.41, 5.74) is 1.48. The van der Waals surface area contributed by atoms with Gasteiger partial charge in [-0.05, 0) is 53.8 Å². The van der Waals surface area contributed by atoms with Crippen molar-refractivity contribution in [1.82, 2.24) is 4.90 Å². The number of thiophene rings is 1. The molecule has 0 radical (unpaired) electrons. The molecule has 1 N–H and O–H groups in total. The molecule has 26 heavy (non-hydrogen) atoms. The number of carbonyl (C=O) groups excluding carboxylic acids is 2. The molecular weight excluding hydrogens is 344 g/mol. The number of likely N-dealkylation sites (tertiary alicyclic amines) is 1. The molecule has 2 heterocycles. The molecular formula is C21H26N2O2S. The van der Waals surface area contributed by atoms with Crippen molar-refractivity contribution in [2.24, 2.45) is 11.3 Å². The van der Waals surface area contributed by atoms with E-state index in [0.717, 1.165) is 19.5 Å². The van der Waals surface area contributed by atoms with Crippen LogP contribution in [0.3, 0.4) is 0 Å². The van der Waals surface area contributed by atoms with Crippen LogP contribution in [0.25, 0.3) is 0 Å². The second-order valence-corrected chi connectivity index (χ2v) is 8.92. The van der Waals surface area contributed by atoms with Gasteiger partial charge in [-0.1, -0.05) is 32.9 Å². The SMILES string of the molecule is CC(C)(C)C1CCCN(C(=O)c2cccc(NC(=O)c3cccs3)c2)C1. The van der Waals surface area contributed by atoms with E-state index in [2.05, 4.69) is 26.1 Å². The summed E-state index contributed by atoms with van der Waals surface area (Å²) in [7, 11) is 0. The minimum Gasteiger partial charge on any atom is -0.338 e. The standard InChI is InChI=1S/C21H26N2O2S/c1-21(2,3)16-8-5-11-23(14-16)20(25)15-7-4-9-17(13-15)22-19(24)18-10-6-12-26-18/h4,6-7,9-10,12-13,16H,5,8,11,14H2,1-3H3,(H,22,24). The number of carbonyl (C=O) groups is 2. The highest BCUT2D eigenvalue weighted by Gasteiger charge is 2.31. The second-order valence-electron chi connectivity index (χ2n) is 7.97. The number of piperidine rings is 1. The van der Waals surface area contributed by atoms with Crippen LogP contribution in [0.2, 0.25) is 0 Å². The van der Waals surface area contributed by atoms with Crippen molar-refractivity contribution in [2.45, 2.75) is 33.6 Å². The topological polar surface area (TPSA) is 49.4 Å².